The molecule has 1 aliphatic heterocycles. The zero-order chi connectivity index (χ0) is 15.1. The average molecular weight is 289 g/mol. The van der Waals surface area contributed by atoms with Crippen LogP contribution in [-0.2, 0) is 4.74 Å². The smallest absolute Gasteiger partial charge is 0.427 e. The summed E-state index contributed by atoms with van der Waals surface area (Å²) in [5.41, 5.74) is 5.38. The monoisotopic (exact) mass is 289 g/mol. The first-order chi connectivity index (χ1) is 10.2. The highest BCUT2D eigenvalue weighted by Gasteiger charge is 2.10. The molecule has 0 aromatic heterocycles. The van der Waals surface area contributed by atoms with E-state index in [0.717, 1.165) is 24.4 Å². The van der Waals surface area contributed by atoms with Crippen LogP contribution in [-0.4, -0.2) is 31.5 Å². The summed E-state index contributed by atoms with van der Waals surface area (Å²) in [7, 11) is 0. The van der Waals surface area contributed by atoms with Gasteiger partial charge in [0.1, 0.15) is 0 Å². The maximum absolute atomic E-state index is 11.2. The van der Waals surface area contributed by atoms with Crippen molar-refractivity contribution in [2.75, 3.05) is 24.6 Å². The van der Waals surface area contributed by atoms with Crippen LogP contribution < -0.4 is 10.3 Å². The molecule has 5 heteroatoms. The quantitative estimate of drug-likeness (QED) is 0.684. The summed E-state index contributed by atoms with van der Waals surface area (Å²) in [6.45, 7) is 6.23. The molecule has 1 aliphatic rings. The summed E-state index contributed by atoms with van der Waals surface area (Å²) in [6.07, 6.45) is 3.35. The van der Waals surface area contributed by atoms with E-state index in [1.165, 1.54) is 24.9 Å². The van der Waals surface area contributed by atoms with Crippen molar-refractivity contribution in [1.29, 1.82) is 0 Å². The number of nitrogens with one attached hydrogen (secondary N) is 1. The maximum atomic E-state index is 11.2. The molecule has 2 rings (SSSR count). The fourth-order valence-electron chi connectivity index (χ4n) is 2.42. The molecule has 0 atom stereocenters. The van der Waals surface area contributed by atoms with Gasteiger partial charge in [-0.3, -0.25) is 0 Å². The molecule has 0 radical (unpaired) electrons. The lowest BCUT2D eigenvalue weighted by Crippen LogP contribution is -2.29. The van der Waals surface area contributed by atoms with Gasteiger partial charge in [-0.25, -0.2) is 10.2 Å². The van der Waals surface area contributed by atoms with E-state index in [1.807, 2.05) is 19.1 Å². The van der Waals surface area contributed by atoms with Crippen molar-refractivity contribution < 1.29 is 9.53 Å². The number of carbonyl (C=O) groups is 1. The van der Waals surface area contributed by atoms with E-state index in [0.29, 0.717) is 6.61 Å². The third-order valence-electron chi connectivity index (χ3n) is 3.60. The van der Waals surface area contributed by atoms with Gasteiger partial charge in [-0.05, 0) is 50.8 Å². The molecule has 114 valence electrons. The van der Waals surface area contributed by atoms with Crippen LogP contribution in [0.15, 0.2) is 29.4 Å². The van der Waals surface area contributed by atoms with Gasteiger partial charge in [0.25, 0.3) is 0 Å². The first-order valence-electron chi connectivity index (χ1n) is 7.53. The number of hydrazone groups is 1. The Morgan fingerprint density at radius 1 is 1.24 bits per heavy atom. The van der Waals surface area contributed by atoms with Gasteiger partial charge >= 0.3 is 6.09 Å². The number of nitrogens with zero attached hydrogens (tertiary/aromatic N) is 2. The minimum atomic E-state index is -0.526. The van der Waals surface area contributed by atoms with Gasteiger partial charge < -0.3 is 9.64 Å². The van der Waals surface area contributed by atoms with Crippen LogP contribution in [0, 0.1) is 0 Å². The van der Waals surface area contributed by atoms with Crippen LogP contribution in [0.5, 0.6) is 0 Å². The Morgan fingerprint density at radius 2 is 1.90 bits per heavy atom. The Kier molecular flexibility index (Phi) is 5.60. The number of carbonyl (C=O) groups excluding carboxylic acids is 1. The lowest BCUT2D eigenvalue weighted by Gasteiger charge is -2.28. The standard InChI is InChI=1S/C16H23N3O2/c1-3-21-16(20)18-17-13(2)14-7-9-15(10-8-14)19-11-5-4-6-12-19/h7-10H,3-6,11-12H2,1-2H3,(H,18,20)/b17-13-. The highest BCUT2D eigenvalue weighted by Crippen LogP contribution is 2.20. The summed E-state index contributed by atoms with van der Waals surface area (Å²) in [5, 5.41) is 4.03. The topological polar surface area (TPSA) is 53.9 Å². The molecule has 1 fully saturated rings. The molecule has 0 spiro atoms. The van der Waals surface area contributed by atoms with Crippen molar-refractivity contribution in [1.82, 2.24) is 5.43 Å². The maximum Gasteiger partial charge on any atom is 0.427 e. The summed E-state index contributed by atoms with van der Waals surface area (Å²) in [6, 6.07) is 8.30. The molecule has 0 aliphatic carbocycles. The molecule has 1 aromatic carbocycles. The van der Waals surface area contributed by atoms with Gasteiger partial charge in [0.15, 0.2) is 0 Å². The predicted molar refractivity (Wildman–Crippen MR) is 84.9 cm³/mol. The number of hydrogen-bond donors (Lipinski definition) is 1. The van der Waals surface area contributed by atoms with Crippen LogP contribution in [0.2, 0.25) is 0 Å². The Labute approximate surface area is 126 Å². The number of anilines is 1. The van der Waals surface area contributed by atoms with Gasteiger partial charge in [0, 0.05) is 18.8 Å². The van der Waals surface area contributed by atoms with Crippen LogP contribution in [0.25, 0.3) is 0 Å². The molecular formula is C16H23N3O2. The van der Waals surface area contributed by atoms with E-state index < -0.39 is 6.09 Å². The Balaban J connectivity index is 1.97. The Hall–Kier alpha value is -2.04. The molecule has 5 nitrogen and oxygen atoms in total. The van der Waals surface area contributed by atoms with E-state index in [1.54, 1.807) is 6.92 Å². The molecule has 1 N–H and O–H groups in total. The van der Waals surface area contributed by atoms with Gasteiger partial charge in [-0.2, -0.15) is 5.10 Å². The molecule has 0 saturated carbocycles. The molecule has 0 bridgehead atoms. The molecule has 1 heterocycles. The van der Waals surface area contributed by atoms with Crippen molar-refractivity contribution in [3.05, 3.63) is 29.8 Å². The molecule has 1 amide bonds. The van der Waals surface area contributed by atoms with E-state index >= 15 is 0 Å². The van der Waals surface area contributed by atoms with E-state index in [2.05, 4.69) is 27.6 Å². The largest absolute Gasteiger partial charge is 0.449 e. The molecule has 1 aromatic rings. The third kappa shape index (κ3) is 4.48. The van der Waals surface area contributed by atoms with E-state index in [9.17, 15) is 4.79 Å². The third-order valence-corrected chi connectivity index (χ3v) is 3.60. The van der Waals surface area contributed by atoms with Gasteiger partial charge in [0.2, 0.25) is 0 Å². The van der Waals surface area contributed by atoms with Crippen molar-refractivity contribution in [3.8, 4) is 0 Å². The lowest BCUT2D eigenvalue weighted by molar-refractivity contribution is 0.152. The van der Waals surface area contributed by atoms with E-state index in [-0.39, 0.29) is 0 Å². The number of benzene rings is 1. The first-order valence-corrected chi connectivity index (χ1v) is 7.53. The number of piperidine rings is 1. The normalized spacial score (nSPS) is 15.7. The van der Waals surface area contributed by atoms with Crippen LogP contribution in [0.3, 0.4) is 0 Å². The minimum Gasteiger partial charge on any atom is -0.449 e. The number of amides is 1. The fraction of sp³-hybridized carbons (Fsp3) is 0.500. The summed E-state index contributed by atoms with van der Waals surface area (Å²) in [4.78, 5) is 13.6. The van der Waals surface area contributed by atoms with Gasteiger partial charge in [0.05, 0.1) is 12.3 Å². The average Bonchev–Trinajstić information content (AvgIpc) is 2.54. The predicted octanol–water partition coefficient (Wildman–Crippen LogP) is 3.15. The second kappa shape index (κ2) is 7.67. The van der Waals surface area contributed by atoms with Crippen molar-refractivity contribution in [3.63, 3.8) is 0 Å². The Morgan fingerprint density at radius 3 is 2.52 bits per heavy atom. The number of ether oxygens (including phenoxy) is 1. The van der Waals surface area contributed by atoms with E-state index in [4.69, 9.17) is 4.74 Å². The summed E-state index contributed by atoms with van der Waals surface area (Å²) >= 11 is 0. The summed E-state index contributed by atoms with van der Waals surface area (Å²) in [5.74, 6) is 0. The van der Waals surface area contributed by atoms with Crippen LogP contribution in [0.4, 0.5) is 10.5 Å². The van der Waals surface area contributed by atoms with Crippen molar-refractivity contribution in [2.24, 2.45) is 5.10 Å². The van der Waals surface area contributed by atoms with Crippen LogP contribution >= 0.6 is 0 Å². The number of rotatable bonds is 4. The van der Waals surface area contributed by atoms with Gasteiger partial charge in [-0.1, -0.05) is 12.1 Å². The minimum absolute atomic E-state index is 0.338. The zero-order valence-corrected chi connectivity index (χ0v) is 12.8. The first kappa shape index (κ1) is 15.4. The molecule has 21 heavy (non-hydrogen) atoms. The molecule has 1 saturated heterocycles. The number of hydrogen-bond acceptors (Lipinski definition) is 4. The van der Waals surface area contributed by atoms with Crippen molar-refractivity contribution in [2.45, 2.75) is 33.1 Å². The van der Waals surface area contributed by atoms with Crippen molar-refractivity contribution >= 4 is 17.5 Å². The second-order valence-corrected chi connectivity index (χ2v) is 5.12. The van der Waals surface area contributed by atoms with Gasteiger partial charge in [-0.15, -0.1) is 0 Å². The second-order valence-electron chi connectivity index (χ2n) is 5.12. The fourth-order valence-corrected chi connectivity index (χ4v) is 2.42. The summed E-state index contributed by atoms with van der Waals surface area (Å²) < 4.78 is 4.76. The molecule has 0 unspecified atom stereocenters. The molecular weight excluding hydrogens is 266 g/mol. The highest BCUT2D eigenvalue weighted by atomic mass is 16.5. The highest BCUT2D eigenvalue weighted by molar-refractivity contribution is 5.99. The lowest BCUT2D eigenvalue weighted by atomic mass is 10.1. The van der Waals surface area contributed by atoms with Crippen LogP contribution in [0.1, 0.15) is 38.7 Å². The zero-order valence-electron chi connectivity index (χ0n) is 12.8. The SMILES string of the molecule is CCOC(=O)N/N=C(/C)c1ccc(N2CCCCC2)cc1. The Bertz CT molecular complexity index is 491.